The minimum Gasteiger partial charge on any atom is -0.593 e. The van der Waals surface area contributed by atoms with E-state index in [-0.39, 0.29) is 6.04 Å². The Hall–Kier alpha value is -2.36. The van der Waals surface area contributed by atoms with Crippen molar-refractivity contribution in [2.75, 3.05) is 18.0 Å². The Morgan fingerprint density at radius 1 is 1.07 bits per heavy atom. The normalized spacial score (nSPS) is 18.0. The number of hydrogen-bond acceptors (Lipinski definition) is 6. The molecule has 3 heterocycles. The summed E-state index contributed by atoms with van der Waals surface area (Å²) in [7, 11) is -3.49. The number of anilines is 1. The first-order valence-corrected chi connectivity index (χ1v) is 10.4. The Kier molecular flexibility index (Phi) is 4.67. The number of hydrogen-bond donors (Lipinski definition) is 1. The number of piperidine rings is 1. The van der Waals surface area contributed by atoms with Crippen molar-refractivity contribution in [2.45, 2.75) is 37.6 Å². The molecule has 4 rings (SSSR count). The van der Waals surface area contributed by atoms with Crippen molar-refractivity contribution < 1.29 is 8.76 Å². The zero-order chi connectivity index (χ0) is 19.0. The zero-order valence-electron chi connectivity index (χ0n) is 15.3. The van der Waals surface area contributed by atoms with Crippen LogP contribution in [-0.2, 0) is 14.6 Å². The average molecular weight is 386 g/mol. The first kappa shape index (κ1) is 18.0. The highest BCUT2D eigenvalue weighted by atomic mass is 32.3. The fourth-order valence-corrected chi connectivity index (χ4v) is 4.59. The first-order valence-electron chi connectivity index (χ1n) is 8.95. The van der Waals surface area contributed by atoms with Gasteiger partial charge in [-0.1, -0.05) is 21.9 Å². The van der Waals surface area contributed by atoms with Crippen molar-refractivity contribution in [1.29, 1.82) is 0 Å². The Morgan fingerprint density at radius 3 is 2.48 bits per heavy atom. The Bertz CT molecular complexity index is 995. The van der Waals surface area contributed by atoms with Gasteiger partial charge in [-0.25, -0.2) is 0 Å². The summed E-state index contributed by atoms with van der Waals surface area (Å²) >= 11 is 0. The number of nitrogens with one attached hydrogen (secondary N) is 1. The van der Waals surface area contributed by atoms with Crippen LogP contribution in [0.3, 0.4) is 0 Å². The van der Waals surface area contributed by atoms with Crippen LogP contribution in [0.2, 0.25) is 0 Å². The van der Waals surface area contributed by atoms with E-state index in [2.05, 4.69) is 24.9 Å². The molecule has 0 saturated carbocycles. The molecule has 142 valence electrons. The number of sulfonamides is 1. The molecule has 3 aromatic rings. The van der Waals surface area contributed by atoms with Gasteiger partial charge in [0.15, 0.2) is 26.8 Å². The van der Waals surface area contributed by atoms with E-state index in [1.54, 1.807) is 16.6 Å². The molecule has 0 bridgehead atoms. The van der Waals surface area contributed by atoms with Crippen molar-refractivity contribution >= 4 is 21.9 Å². The van der Waals surface area contributed by atoms with Gasteiger partial charge < -0.3 is 9.45 Å². The van der Waals surface area contributed by atoms with Gasteiger partial charge in [0.05, 0.1) is 6.04 Å². The fraction of sp³-hybridized carbons (Fsp3) is 0.389. The number of nitrogens with zero attached hydrogens (tertiary/aromatic N) is 5. The van der Waals surface area contributed by atoms with Crippen LogP contribution in [-0.4, -0.2) is 43.5 Å². The van der Waals surface area contributed by atoms with Crippen LogP contribution in [0.5, 0.6) is 0 Å². The summed E-state index contributed by atoms with van der Waals surface area (Å²) in [5.74, 6) is 1.60. The maximum Gasteiger partial charge on any atom is 0.178 e. The smallest absolute Gasteiger partial charge is 0.178 e. The minimum atomic E-state index is -3.49. The molecule has 1 saturated heterocycles. The summed E-state index contributed by atoms with van der Waals surface area (Å²) in [4.78, 5) is 2.47. The van der Waals surface area contributed by atoms with Crippen molar-refractivity contribution in [3.05, 3.63) is 47.8 Å². The lowest BCUT2D eigenvalue weighted by atomic mass is 10.1. The molecule has 1 aromatic carbocycles. The van der Waals surface area contributed by atoms with Crippen LogP contribution in [0.15, 0.2) is 41.3 Å². The molecule has 27 heavy (non-hydrogen) atoms. The van der Waals surface area contributed by atoms with E-state index in [9.17, 15) is 8.76 Å². The molecule has 1 aliphatic heterocycles. The highest BCUT2D eigenvalue weighted by Crippen LogP contribution is 2.22. The summed E-state index contributed by atoms with van der Waals surface area (Å²) in [6, 6.07) is 10.7. The lowest BCUT2D eigenvalue weighted by Gasteiger charge is -2.33. The molecule has 0 radical (unpaired) electrons. The van der Waals surface area contributed by atoms with E-state index in [1.807, 2.05) is 38.1 Å². The van der Waals surface area contributed by atoms with E-state index in [4.69, 9.17) is 0 Å². The highest BCUT2D eigenvalue weighted by Gasteiger charge is 2.28. The third kappa shape index (κ3) is 3.71. The molecule has 8 nitrogen and oxygen atoms in total. The first-order chi connectivity index (χ1) is 12.9. The highest BCUT2D eigenvalue weighted by molar-refractivity contribution is 7.95. The molecular formula is C18H22N6O2S. The van der Waals surface area contributed by atoms with Crippen molar-refractivity contribution in [2.24, 2.45) is 0 Å². The van der Waals surface area contributed by atoms with Crippen molar-refractivity contribution in [1.82, 2.24) is 24.5 Å². The number of rotatable bonds is 4. The molecule has 1 aliphatic rings. The SMILES string of the molecule is Cc1ccc([S+](=O)([O-])NC2CCN(c3ccc4nnc(C)n4n3)CC2)cc1. The molecule has 0 amide bonds. The Morgan fingerprint density at radius 2 is 1.78 bits per heavy atom. The second-order valence-electron chi connectivity index (χ2n) is 6.90. The summed E-state index contributed by atoms with van der Waals surface area (Å²) in [6.45, 7) is 5.27. The Labute approximate surface area is 159 Å². The maximum atomic E-state index is 12.6. The Balaban J connectivity index is 1.41. The standard InChI is InChI=1S/C18H22N6O2S/c1-13-3-5-16(6-4-13)27(25,26)22-15-9-11-23(12-10-15)18-8-7-17-20-19-14(2)24(17)21-18/h3-8,15H,9-12H2,1-2H3,(H-,22,25,26). The summed E-state index contributed by atoms with van der Waals surface area (Å²) in [6.07, 6.45) is 1.46. The van der Waals surface area contributed by atoms with Gasteiger partial charge in [-0.05, 0) is 51.0 Å². The van der Waals surface area contributed by atoms with Crippen LogP contribution < -0.4 is 9.62 Å². The quantitative estimate of drug-likeness (QED) is 0.688. The molecule has 1 fully saturated rings. The number of fused-ring (bicyclic) bond motifs is 1. The van der Waals surface area contributed by atoms with Gasteiger partial charge in [0.1, 0.15) is 5.82 Å². The number of aromatic nitrogens is 4. The van der Waals surface area contributed by atoms with Crippen molar-refractivity contribution in [3.8, 4) is 0 Å². The molecule has 1 atom stereocenters. The number of aryl methyl sites for hydroxylation is 2. The summed E-state index contributed by atoms with van der Waals surface area (Å²) in [5.41, 5.74) is 1.76. The zero-order valence-corrected chi connectivity index (χ0v) is 16.1. The van der Waals surface area contributed by atoms with Gasteiger partial charge in [-0.3, -0.25) is 0 Å². The minimum absolute atomic E-state index is 0.0760. The van der Waals surface area contributed by atoms with Gasteiger partial charge in [0, 0.05) is 13.1 Å². The molecule has 2 aromatic heterocycles. The maximum absolute atomic E-state index is 12.6. The van der Waals surface area contributed by atoms with Crippen LogP contribution >= 0.6 is 0 Å². The molecule has 1 unspecified atom stereocenters. The number of benzene rings is 1. The van der Waals surface area contributed by atoms with E-state index in [0.717, 1.165) is 48.8 Å². The molecule has 0 spiro atoms. The van der Waals surface area contributed by atoms with Gasteiger partial charge >= 0.3 is 0 Å². The molecular weight excluding hydrogens is 364 g/mol. The van der Waals surface area contributed by atoms with Gasteiger partial charge in [0.25, 0.3) is 0 Å². The third-order valence-corrected chi connectivity index (χ3v) is 6.41. The largest absolute Gasteiger partial charge is 0.593 e. The second-order valence-corrected chi connectivity index (χ2v) is 8.62. The molecule has 0 aliphatic carbocycles. The van der Waals surface area contributed by atoms with Crippen molar-refractivity contribution in [3.63, 3.8) is 0 Å². The molecule has 1 N–H and O–H groups in total. The van der Waals surface area contributed by atoms with E-state index < -0.39 is 10.4 Å². The average Bonchev–Trinajstić information content (AvgIpc) is 3.03. The van der Waals surface area contributed by atoms with Gasteiger partial charge in [-0.2, -0.15) is 4.52 Å². The molecule has 9 heteroatoms. The second kappa shape index (κ2) is 6.99. The van der Waals surface area contributed by atoms with Crippen LogP contribution in [0.4, 0.5) is 5.82 Å². The van der Waals surface area contributed by atoms with Crippen LogP contribution in [0, 0.1) is 13.8 Å². The van der Waals surface area contributed by atoms with Crippen LogP contribution in [0.1, 0.15) is 24.2 Å². The third-order valence-electron chi connectivity index (χ3n) is 4.88. The van der Waals surface area contributed by atoms with E-state index >= 15 is 0 Å². The lowest BCUT2D eigenvalue weighted by molar-refractivity contribution is 0.417. The monoisotopic (exact) mass is 386 g/mol. The summed E-state index contributed by atoms with van der Waals surface area (Å²) < 4.78 is 29.7. The predicted molar refractivity (Wildman–Crippen MR) is 102 cm³/mol. The fourth-order valence-electron chi connectivity index (χ4n) is 3.29. The van der Waals surface area contributed by atoms with Gasteiger partial charge in [0.2, 0.25) is 0 Å². The van der Waals surface area contributed by atoms with Crippen LogP contribution in [0.25, 0.3) is 5.65 Å². The van der Waals surface area contributed by atoms with E-state index in [1.165, 1.54) is 0 Å². The summed E-state index contributed by atoms with van der Waals surface area (Å²) in [5, 5.41) is 12.7. The lowest BCUT2D eigenvalue weighted by Crippen LogP contribution is -2.46. The topological polar surface area (TPSA) is 98.5 Å². The predicted octanol–water partition coefficient (Wildman–Crippen LogP) is 1.90. The van der Waals surface area contributed by atoms with E-state index in [0.29, 0.717) is 4.90 Å². The van der Waals surface area contributed by atoms with Gasteiger partial charge in [-0.15, -0.1) is 20.0 Å².